The van der Waals surface area contributed by atoms with Gasteiger partial charge in [-0.2, -0.15) is 0 Å². The third-order valence-electron chi connectivity index (χ3n) is 5.57. The van der Waals surface area contributed by atoms with Gasteiger partial charge in [-0.15, -0.1) is 0 Å². The lowest BCUT2D eigenvalue weighted by molar-refractivity contribution is -0.214. The van der Waals surface area contributed by atoms with Crippen molar-refractivity contribution >= 4 is 0 Å². The number of benzene rings is 1. The first-order valence-electron chi connectivity index (χ1n) is 9.17. The molecule has 3 nitrogen and oxygen atoms in total. The second-order valence-corrected chi connectivity index (χ2v) is 7.10. The van der Waals surface area contributed by atoms with Gasteiger partial charge in [-0.1, -0.05) is 44.7 Å². The Morgan fingerprint density at radius 2 is 1.61 bits per heavy atom. The molecule has 23 heavy (non-hydrogen) atoms. The van der Waals surface area contributed by atoms with Gasteiger partial charge in [0.05, 0.1) is 20.3 Å². The van der Waals surface area contributed by atoms with Crippen LogP contribution in [-0.2, 0) is 9.47 Å². The third kappa shape index (κ3) is 4.27. The minimum Gasteiger partial charge on any atom is -0.497 e. The van der Waals surface area contributed by atoms with Crippen molar-refractivity contribution in [2.75, 3.05) is 20.3 Å². The van der Waals surface area contributed by atoms with E-state index in [1.54, 1.807) is 7.11 Å². The average Bonchev–Trinajstić information content (AvgIpc) is 2.63. The highest BCUT2D eigenvalue weighted by Gasteiger charge is 2.32. The van der Waals surface area contributed by atoms with Gasteiger partial charge in [0.15, 0.2) is 6.29 Å². The fourth-order valence-corrected chi connectivity index (χ4v) is 4.10. The predicted octanol–water partition coefficient (Wildman–Crippen LogP) is 4.96. The Labute approximate surface area is 140 Å². The van der Waals surface area contributed by atoms with E-state index in [1.165, 1.54) is 38.5 Å². The van der Waals surface area contributed by atoms with Crippen LogP contribution in [0.2, 0.25) is 0 Å². The molecule has 1 aromatic carbocycles. The lowest BCUT2D eigenvalue weighted by Gasteiger charge is -2.37. The second kappa shape index (κ2) is 8.16. The first-order chi connectivity index (χ1) is 11.3. The molecule has 1 saturated heterocycles. The van der Waals surface area contributed by atoms with E-state index in [1.807, 2.05) is 24.3 Å². The highest BCUT2D eigenvalue weighted by Crippen LogP contribution is 2.38. The standard InChI is InChI=1S/C20H30O3/c1-3-4-15-5-7-16(8-6-15)18-13-22-20(23-14-18)17-9-11-19(21-2)12-10-17/h9-12,15-16,18,20H,3-8,13-14H2,1-2H3. The fraction of sp³-hybridized carbons (Fsp3) is 0.700. The van der Waals surface area contributed by atoms with E-state index in [4.69, 9.17) is 14.2 Å². The summed E-state index contributed by atoms with van der Waals surface area (Å²) in [5, 5.41) is 0. The summed E-state index contributed by atoms with van der Waals surface area (Å²) < 4.78 is 17.2. The van der Waals surface area contributed by atoms with E-state index < -0.39 is 0 Å². The lowest BCUT2D eigenvalue weighted by atomic mass is 9.75. The van der Waals surface area contributed by atoms with Crippen molar-refractivity contribution in [3.05, 3.63) is 29.8 Å². The Morgan fingerprint density at radius 3 is 2.17 bits per heavy atom. The lowest BCUT2D eigenvalue weighted by Crippen LogP contribution is -2.34. The van der Waals surface area contributed by atoms with Gasteiger partial charge >= 0.3 is 0 Å². The largest absolute Gasteiger partial charge is 0.497 e. The molecule has 1 heterocycles. The summed E-state index contributed by atoms with van der Waals surface area (Å²) in [4.78, 5) is 0. The maximum absolute atomic E-state index is 6.01. The summed E-state index contributed by atoms with van der Waals surface area (Å²) in [5.74, 6) is 3.20. The third-order valence-corrected chi connectivity index (χ3v) is 5.57. The zero-order chi connectivity index (χ0) is 16.1. The first-order valence-corrected chi connectivity index (χ1v) is 9.17. The molecule has 2 fully saturated rings. The van der Waals surface area contributed by atoms with E-state index in [-0.39, 0.29) is 6.29 Å². The van der Waals surface area contributed by atoms with Gasteiger partial charge in [0.2, 0.25) is 0 Å². The van der Waals surface area contributed by atoms with Gasteiger partial charge in [0.25, 0.3) is 0 Å². The number of hydrogen-bond donors (Lipinski definition) is 0. The topological polar surface area (TPSA) is 27.7 Å². The highest BCUT2D eigenvalue weighted by molar-refractivity contribution is 5.27. The van der Waals surface area contributed by atoms with Crippen LogP contribution in [-0.4, -0.2) is 20.3 Å². The molecule has 0 N–H and O–H groups in total. The van der Waals surface area contributed by atoms with E-state index >= 15 is 0 Å². The van der Waals surface area contributed by atoms with E-state index in [0.717, 1.165) is 36.4 Å². The van der Waals surface area contributed by atoms with Crippen molar-refractivity contribution < 1.29 is 14.2 Å². The summed E-state index contributed by atoms with van der Waals surface area (Å²) in [5.41, 5.74) is 1.08. The summed E-state index contributed by atoms with van der Waals surface area (Å²) in [6.07, 6.45) is 8.03. The fourth-order valence-electron chi connectivity index (χ4n) is 4.10. The van der Waals surface area contributed by atoms with Crippen LogP contribution in [0.4, 0.5) is 0 Å². The van der Waals surface area contributed by atoms with Crippen LogP contribution in [0.15, 0.2) is 24.3 Å². The zero-order valence-electron chi connectivity index (χ0n) is 14.5. The zero-order valence-corrected chi connectivity index (χ0v) is 14.5. The monoisotopic (exact) mass is 318 g/mol. The molecule has 0 atom stereocenters. The maximum atomic E-state index is 6.01. The molecule has 0 radical (unpaired) electrons. The minimum absolute atomic E-state index is 0.214. The van der Waals surface area contributed by atoms with Crippen molar-refractivity contribution in [1.82, 2.24) is 0 Å². The molecule has 1 aliphatic heterocycles. The summed E-state index contributed by atoms with van der Waals surface area (Å²) in [7, 11) is 1.68. The molecule has 1 aromatic rings. The summed E-state index contributed by atoms with van der Waals surface area (Å²) >= 11 is 0. The summed E-state index contributed by atoms with van der Waals surface area (Å²) in [6, 6.07) is 7.98. The molecule has 128 valence electrons. The van der Waals surface area contributed by atoms with Crippen LogP contribution < -0.4 is 4.74 Å². The smallest absolute Gasteiger partial charge is 0.183 e. The molecule has 0 amide bonds. The average molecular weight is 318 g/mol. The Hall–Kier alpha value is -1.06. The first kappa shape index (κ1) is 16.8. The van der Waals surface area contributed by atoms with Crippen molar-refractivity contribution in [2.24, 2.45) is 17.8 Å². The Balaban J connectivity index is 1.46. The SMILES string of the molecule is CCCC1CCC(C2COC(c3ccc(OC)cc3)OC2)CC1. The molecule has 0 spiro atoms. The van der Waals surface area contributed by atoms with Crippen LogP contribution >= 0.6 is 0 Å². The van der Waals surface area contributed by atoms with Crippen molar-refractivity contribution in [1.29, 1.82) is 0 Å². The highest BCUT2D eigenvalue weighted by atomic mass is 16.7. The Kier molecular flexibility index (Phi) is 5.96. The normalized spacial score (nSPS) is 31.7. The second-order valence-electron chi connectivity index (χ2n) is 7.10. The number of rotatable bonds is 5. The summed E-state index contributed by atoms with van der Waals surface area (Å²) in [6.45, 7) is 3.97. The molecule has 2 aliphatic rings. The quantitative estimate of drug-likeness (QED) is 0.767. The van der Waals surface area contributed by atoms with Gasteiger partial charge in [0.1, 0.15) is 5.75 Å². The minimum atomic E-state index is -0.214. The molecule has 0 aromatic heterocycles. The van der Waals surface area contributed by atoms with E-state index in [2.05, 4.69) is 6.92 Å². The van der Waals surface area contributed by atoms with Gasteiger partial charge in [-0.25, -0.2) is 0 Å². The van der Waals surface area contributed by atoms with Crippen LogP contribution in [0.3, 0.4) is 0 Å². The molecule has 3 heteroatoms. The van der Waals surface area contributed by atoms with Gasteiger partial charge in [-0.3, -0.25) is 0 Å². The Bertz CT molecular complexity index is 454. The van der Waals surface area contributed by atoms with Crippen molar-refractivity contribution in [3.63, 3.8) is 0 Å². The van der Waals surface area contributed by atoms with Crippen LogP contribution in [0.1, 0.15) is 57.3 Å². The Morgan fingerprint density at radius 1 is 0.957 bits per heavy atom. The molecule has 0 bridgehead atoms. The van der Waals surface area contributed by atoms with Gasteiger partial charge < -0.3 is 14.2 Å². The maximum Gasteiger partial charge on any atom is 0.183 e. The van der Waals surface area contributed by atoms with Crippen LogP contribution in [0.25, 0.3) is 0 Å². The van der Waals surface area contributed by atoms with Gasteiger partial charge in [-0.05, 0) is 36.8 Å². The van der Waals surface area contributed by atoms with E-state index in [9.17, 15) is 0 Å². The number of ether oxygens (including phenoxy) is 3. The number of hydrogen-bond acceptors (Lipinski definition) is 3. The molecule has 1 saturated carbocycles. The predicted molar refractivity (Wildman–Crippen MR) is 91.5 cm³/mol. The van der Waals surface area contributed by atoms with Crippen LogP contribution in [0.5, 0.6) is 5.75 Å². The van der Waals surface area contributed by atoms with Crippen LogP contribution in [0, 0.1) is 17.8 Å². The van der Waals surface area contributed by atoms with Crippen molar-refractivity contribution in [3.8, 4) is 5.75 Å². The molecule has 0 unspecified atom stereocenters. The molecule has 1 aliphatic carbocycles. The number of methoxy groups -OCH3 is 1. The molecular weight excluding hydrogens is 288 g/mol. The molecular formula is C20H30O3. The van der Waals surface area contributed by atoms with Gasteiger partial charge in [0, 0.05) is 11.5 Å². The van der Waals surface area contributed by atoms with Crippen molar-refractivity contribution in [2.45, 2.75) is 51.7 Å². The van der Waals surface area contributed by atoms with E-state index in [0.29, 0.717) is 5.92 Å². The molecule has 3 rings (SSSR count).